The van der Waals surface area contributed by atoms with Gasteiger partial charge in [0.25, 0.3) is 0 Å². The van der Waals surface area contributed by atoms with E-state index >= 15 is 0 Å². The molecule has 2 aromatic carbocycles. The smallest absolute Gasteiger partial charge is 0.316 e. The summed E-state index contributed by atoms with van der Waals surface area (Å²) >= 11 is 5.10. The van der Waals surface area contributed by atoms with E-state index < -0.39 is 6.03 Å². The number of rotatable bonds is 5. The van der Waals surface area contributed by atoms with Crippen LogP contribution >= 0.6 is 27.3 Å². The highest BCUT2D eigenvalue weighted by molar-refractivity contribution is 9.10. The molecule has 0 saturated carbocycles. The van der Waals surface area contributed by atoms with E-state index in [1.165, 1.54) is 17.7 Å². The van der Waals surface area contributed by atoms with Gasteiger partial charge in [-0.2, -0.15) is 10.4 Å². The van der Waals surface area contributed by atoms with Crippen molar-refractivity contribution in [1.82, 2.24) is 15.2 Å². The summed E-state index contributed by atoms with van der Waals surface area (Å²) in [4.78, 5) is 18.9. The van der Waals surface area contributed by atoms with E-state index in [-0.39, 0.29) is 0 Å². The number of H-pyrrole nitrogens is 1. The number of aromatic amines is 1. The molecule has 5 rings (SSSR count). The molecule has 1 fully saturated rings. The van der Waals surface area contributed by atoms with Crippen LogP contribution in [0.4, 0.5) is 15.5 Å². The zero-order valence-corrected chi connectivity index (χ0v) is 20.8. The van der Waals surface area contributed by atoms with E-state index in [1.807, 2.05) is 36.4 Å². The summed E-state index contributed by atoms with van der Waals surface area (Å²) in [7, 11) is 0. The predicted molar refractivity (Wildman–Crippen MR) is 139 cm³/mol. The lowest BCUT2D eigenvalue weighted by Crippen LogP contribution is -2.36. The average Bonchev–Trinajstić information content (AvgIpc) is 3.52. The number of ether oxygens (including phenoxy) is 1. The number of hydrogen-bond acceptors (Lipinski definition) is 7. The summed E-state index contributed by atoms with van der Waals surface area (Å²) in [5, 5.41) is 20.7. The van der Waals surface area contributed by atoms with Gasteiger partial charge in [-0.1, -0.05) is 46.3 Å². The summed E-state index contributed by atoms with van der Waals surface area (Å²) in [6.07, 6.45) is 1.46. The SMILES string of the molecule is N#Cc1c(N2CCOCC2)sc(-c2ncn[nH]2)c1-c1ccc(-c2c(Br)cccc2NC(N)=O)cc1. The number of primary amides is 1. The number of nitrogens with zero attached hydrogens (tertiary/aromatic N) is 4. The molecular formula is C24H20BrN7O2S. The number of aromatic nitrogens is 3. The van der Waals surface area contributed by atoms with E-state index in [0.29, 0.717) is 30.3 Å². The van der Waals surface area contributed by atoms with Gasteiger partial charge in [0.15, 0.2) is 5.82 Å². The lowest BCUT2D eigenvalue weighted by atomic mass is 9.97. The fourth-order valence-electron chi connectivity index (χ4n) is 4.13. The zero-order chi connectivity index (χ0) is 24.4. The summed E-state index contributed by atoms with van der Waals surface area (Å²) in [6, 6.07) is 15.2. The van der Waals surface area contributed by atoms with Crippen molar-refractivity contribution in [2.75, 3.05) is 36.5 Å². The van der Waals surface area contributed by atoms with E-state index in [4.69, 9.17) is 10.5 Å². The molecule has 3 heterocycles. The highest BCUT2D eigenvalue weighted by atomic mass is 79.9. The van der Waals surface area contributed by atoms with Crippen LogP contribution in [0.5, 0.6) is 0 Å². The number of anilines is 2. The number of amides is 2. The normalized spacial score (nSPS) is 13.4. The Kier molecular flexibility index (Phi) is 6.50. The van der Waals surface area contributed by atoms with Gasteiger partial charge in [0.2, 0.25) is 0 Å². The molecule has 11 heteroatoms. The van der Waals surface area contributed by atoms with Gasteiger partial charge in [-0.3, -0.25) is 5.10 Å². The molecule has 0 atom stereocenters. The van der Waals surface area contributed by atoms with Gasteiger partial charge in [0, 0.05) is 28.7 Å². The van der Waals surface area contributed by atoms with Crippen molar-refractivity contribution < 1.29 is 9.53 Å². The van der Waals surface area contributed by atoms with Gasteiger partial charge in [-0.05, 0) is 23.3 Å². The van der Waals surface area contributed by atoms with Gasteiger partial charge in [0.1, 0.15) is 17.4 Å². The number of nitrogens with one attached hydrogen (secondary N) is 2. The summed E-state index contributed by atoms with van der Waals surface area (Å²) in [6.45, 7) is 2.69. The Balaban J connectivity index is 1.61. The third-order valence-electron chi connectivity index (χ3n) is 5.66. The molecule has 9 nitrogen and oxygen atoms in total. The minimum atomic E-state index is -0.634. The Bertz CT molecular complexity index is 1410. The summed E-state index contributed by atoms with van der Waals surface area (Å²) < 4.78 is 6.32. The molecule has 4 N–H and O–H groups in total. The first kappa shape index (κ1) is 23.0. The number of nitrogens with two attached hydrogens (primary N) is 1. The van der Waals surface area contributed by atoms with Crippen LogP contribution in [0.15, 0.2) is 53.3 Å². The maximum absolute atomic E-state index is 11.5. The number of carbonyl (C=O) groups is 1. The predicted octanol–water partition coefficient (Wildman–Crippen LogP) is 4.83. The number of halogens is 1. The first-order valence-corrected chi connectivity index (χ1v) is 12.4. The minimum Gasteiger partial charge on any atom is -0.378 e. The second kappa shape index (κ2) is 9.87. The van der Waals surface area contributed by atoms with Crippen LogP contribution in [-0.2, 0) is 4.74 Å². The highest BCUT2D eigenvalue weighted by Crippen LogP contribution is 2.47. The van der Waals surface area contributed by atoms with Crippen LogP contribution in [0, 0.1) is 11.3 Å². The lowest BCUT2D eigenvalue weighted by Gasteiger charge is -2.27. The van der Waals surface area contributed by atoms with Crippen LogP contribution in [0.1, 0.15) is 5.56 Å². The molecular weight excluding hydrogens is 530 g/mol. The number of benzene rings is 2. The van der Waals surface area contributed by atoms with E-state index in [0.717, 1.165) is 49.7 Å². The number of hydrogen-bond donors (Lipinski definition) is 3. The molecule has 176 valence electrons. The fourth-order valence-corrected chi connectivity index (χ4v) is 5.99. The number of nitriles is 1. The molecule has 35 heavy (non-hydrogen) atoms. The average molecular weight is 550 g/mol. The number of urea groups is 1. The van der Waals surface area contributed by atoms with Gasteiger partial charge in [-0.15, -0.1) is 11.3 Å². The third kappa shape index (κ3) is 4.51. The molecule has 0 bridgehead atoms. The van der Waals surface area contributed by atoms with Gasteiger partial charge >= 0.3 is 6.03 Å². The minimum absolute atomic E-state index is 0.602. The van der Waals surface area contributed by atoms with Crippen LogP contribution in [0.2, 0.25) is 0 Å². The summed E-state index contributed by atoms with van der Waals surface area (Å²) in [5.74, 6) is 0.615. The molecule has 1 aliphatic heterocycles. The fraction of sp³-hybridized carbons (Fsp3) is 0.167. The van der Waals surface area contributed by atoms with Crippen molar-refractivity contribution >= 4 is 44.0 Å². The highest BCUT2D eigenvalue weighted by Gasteiger charge is 2.26. The first-order valence-electron chi connectivity index (χ1n) is 10.8. The molecule has 4 aromatic rings. The topological polar surface area (TPSA) is 133 Å². The first-order chi connectivity index (χ1) is 17.1. The largest absolute Gasteiger partial charge is 0.378 e. The lowest BCUT2D eigenvalue weighted by molar-refractivity contribution is 0.123. The van der Waals surface area contributed by atoms with Gasteiger partial charge in [-0.25, -0.2) is 9.78 Å². The van der Waals surface area contributed by atoms with Crippen molar-refractivity contribution in [3.8, 4) is 39.0 Å². The van der Waals surface area contributed by atoms with E-state index in [2.05, 4.69) is 47.4 Å². The quantitative estimate of drug-likeness (QED) is 0.326. The van der Waals surface area contributed by atoms with Crippen molar-refractivity contribution in [2.45, 2.75) is 0 Å². The van der Waals surface area contributed by atoms with Crippen LogP contribution < -0.4 is 16.0 Å². The Hall–Kier alpha value is -3.72. The molecule has 0 spiro atoms. The maximum Gasteiger partial charge on any atom is 0.316 e. The molecule has 0 radical (unpaired) electrons. The number of thiophene rings is 1. The Labute approximate surface area is 213 Å². The van der Waals surface area contributed by atoms with Crippen LogP contribution in [0.3, 0.4) is 0 Å². The molecule has 1 aliphatic rings. The molecule has 2 amide bonds. The van der Waals surface area contributed by atoms with Crippen molar-refractivity contribution in [3.05, 3.63) is 58.8 Å². The van der Waals surface area contributed by atoms with E-state index in [9.17, 15) is 10.1 Å². The summed E-state index contributed by atoms with van der Waals surface area (Å²) in [5.41, 5.74) is 9.95. The third-order valence-corrected chi connectivity index (χ3v) is 7.58. The second-order valence-corrected chi connectivity index (χ2v) is 9.61. The van der Waals surface area contributed by atoms with Crippen molar-refractivity contribution in [3.63, 3.8) is 0 Å². The Morgan fingerprint density at radius 1 is 1.17 bits per heavy atom. The molecule has 0 unspecified atom stereocenters. The van der Waals surface area contributed by atoms with Crippen LogP contribution in [0.25, 0.3) is 33.0 Å². The van der Waals surface area contributed by atoms with Crippen LogP contribution in [-0.4, -0.2) is 47.5 Å². The maximum atomic E-state index is 11.5. The zero-order valence-electron chi connectivity index (χ0n) is 18.4. The molecule has 2 aromatic heterocycles. The molecule has 1 saturated heterocycles. The van der Waals surface area contributed by atoms with Crippen molar-refractivity contribution in [2.24, 2.45) is 5.73 Å². The van der Waals surface area contributed by atoms with Crippen molar-refractivity contribution in [1.29, 1.82) is 5.26 Å². The standard InChI is InChI=1S/C24H20BrN7O2S/c25-17-2-1-3-18(30-24(27)33)20(17)15-6-4-14(5-7-15)19-16(12-26)23(32-8-10-34-11-9-32)35-21(19)22-28-13-29-31-22/h1-7,13H,8-11H2,(H3,27,30,33)(H,28,29,31). The second-order valence-electron chi connectivity index (χ2n) is 7.76. The van der Waals surface area contributed by atoms with Gasteiger partial charge in [0.05, 0.1) is 29.3 Å². The monoisotopic (exact) mass is 549 g/mol. The number of carbonyl (C=O) groups excluding carboxylic acids is 1. The van der Waals surface area contributed by atoms with Gasteiger partial charge < -0.3 is 20.7 Å². The Morgan fingerprint density at radius 2 is 1.89 bits per heavy atom. The number of morpholine rings is 1. The molecule has 0 aliphatic carbocycles. The van der Waals surface area contributed by atoms with E-state index in [1.54, 1.807) is 6.07 Å². The Morgan fingerprint density at radius 3 is 2.51 bits per heavy atom.